The summed E-state index contributed by atoms with van der Waals surface area (Å²) in [5.41, 5.74) is 3.59. The van der Waals surface area contributed by atoms with Crippen molar-refractivity contribution in [3.63, 3.8) is 0 Å². The van der Waals surface area contributed by atoms with Crippen molar-refractivity contribution in [1.82, 2.24) is 19.8 Å². The number of aromatic nitrogens is 2. The minimum Gasteiger partial charge on any atom is -0.352 e. The number of rotatable bonds is 9. The Balaban J connectivity index is 1.91. The van der Waals surface area contributed by atoms with Crippen molar-refractivity contribution < 1.29 is 9.59 Å². The molecule has 0 fully saturated rings. The fraction of sp³-hybridized carbons (Fsp3) is 0.476. The van der Waals surface area contributed by atoms with Crippen LogP contribution in [0.1, 0.15) is 54.1 Å². The minimum atomic E-state index is -0.0920. The van der Waals surface area contributed by atoms with Gasteiger partial charge in [0.05, 0.1) is 17.8 Å². The number of amides is 2. The third-order valence-corrected chi connectivity index (χ3v) is 4.83. The zero-order chi connectivity index (χ0) is 19.8. The van der Waals surface area contributed by atoms with Gasteiger partial charge < -0.3 is 14.8 Å². The van der Waals surface area contributed by atoms with Gasteiger partial charge >= 0.3 is 0 Å². The molecule has 0 aliphatic carbocycles. The lowest BCUT2D eigenvalue weighted by atomic mass is 10.2. The molecular weight excluding hydrogens is 340 g/mol. The van der Waals surface area contributed by atoms with E-state index in [-0.39, 0.29) is 11.8 Å². The summed E-state index contributed by atoms with van der Waals surface area (Å²) >= 11 is 0. The Labute approximate surface area is 161 Å². The molecule has 1 N–H and O–H groups in total. The van der Waals surface area contributed by atoms with E-state index in [1.807, 2.05) is 56.9 Å². The lowest BCUT2D eigenvalue weighted by Gasteiger charge is -2.18. The van der Waals surface area contributed by atoms with Crippen molar-refractivity contribution in [1.29, 1.82) is 0 Å². The number of hydrogen-bond donors (Lipinski definition) is 1. The van der Waals surface area contributed by atoms with Crippen LogP contribution < -0.4 is 5.32 Å². The first-order valence-electron chi connectivity index (χ1n) is 9.60. The molecule has 146 valence electrons. The van der Waals surface area contributed by atoms with Crippen molar-refractivity contribution >= 4 is 11.8 Å². The zero-order valence-electron chi connectivity index (χ0n) is 16.8. The van der Waals surface area contributed by atoms with Gasteiger partial charge in [-0.15, -0.1) is 0 Å². The van der Waals surface area contributed by atoms with Crippen molar-refractivity contribution in [2.75, 3.05) is 19.6 Å². The van der Waals surface area contributed by atoms with Crippen LogP contribution in [-0.2, 0) is 11.3 Å². The fourth-order valence-electron chi connectivity index (χ4n) is 3.20. The minimum absolute atomic E-state index is 0.0920. The first-order valence-corrected chi connectivity index (χ1v) is 9.60. The highest BCUT2D eigenvalue weighted by Gasteiger charge is 2.16. The third kappa shape index (κ3) is 5.42. The Morgan fingerprint density at radius 1 is 1.19 bits per heavy atom. The van der Waals surface area contributed by atoms with Crippen molar-refractivity contribution in [3.8, 4) is 0 Å². The first kappa shape index (κ1) is 20.7. The van der Waals surface area contributed by atoms with E-state index in [4.69, 9.17) is 0 Å². The van der Waals surface area contributed by atoms with Crippen LogP contribution in [0.4, 0.5) is 0 Å². The van der Waals surface area contributed by atoms with Gasteiger partial charge in [-0.3, -0.25) is 14.6 Å². The molecule has 0 radical (unpaired) electrons. The quantitative estimate of drug-likeness (QED) is 0.690. The lowest BCUT2D eigenvalue weighted by molar-refractivity contribution is -0.130. The molecule has 0 saturated heterocycles. The van der Waals surface area contributed by atoms with Crippen LogP contribution in [0, 0.1) is 13.8 Å². The van der Waals surface area contributed by atoms with E-state index in [1.165, 1.54) is 0 Å². The molecule has 0 spiro atoms. The Kier molecular flexibility index (Phi) is 7.58. The van der Waals surface area contributed by atoms with Gasteiger partial charge in [-0.05, 0) is 52.3 Å². The van der Waals surface area contributed by atoms with Crippen LogP contribution in [0.25, 0.3) is 0 Å². The Hall–Kier alpha value is -2.63. The topological polar surface area (TPSA) is 67.2 Å². The lowest BCUT2D eigenvalue weighted by Crippen LogP contribution is -2.31. The number of aryl methyl sites for hydroxylation is 1. The molecule has 0 aromatic carbocycles. The second-order valence-corrected chi connectivity index (χ2v) is 6.62. The zero-order valence-corrected chi connectivity index (χ0v) is 16.8. The smallest absolute Gasteiger partial charge is 0.253 e. The molecule has 6 heteroatoms. The summed E-state index contributed by atoms with van der Waals surface area (Å²) in [4.78, 5) is 30.7. The second-order valence-electron chi connectivity index (χ2n) is 6.62. The summed E-state index contributed by atoms with van der Waals surface area (Å²) in [7, 11) is 0. The highest BCUT2D eigenvalue weighted by molar-refractivity contribution is 5.95. The summed E-state index contributed by atoms with van der Waals surface area (Å²) in [6.07, 6.45) is 2.88. The van der Waals surface area contributed by atoms with Crippen LogP contribution in [-0.4, -0.2) is 45.9 Å². The number of hydrogen-bond acceptors (Lipinski definition) is 3. The number of nitrogens with one attached hydrogen (secondary N) is 1. The summed E-state index contributed by atoms with van der Waals surface area (Å²) in [6.45, 7) is 10.5. The molecule has 2 aromatic heterocycles. The van der Waals surface area contributed by atoms with Gasteiger partial charge in [0.2, 0.25) is 5.91 Å². The second kappa shape index (κ2) is 9.90. The molecule has 0 bridgehead atoms. The molecular formula is C21H30N4O2. The monoisotopic (exact) mass is 370 g/mol. The van der Waals surface area contributed by atoms with E-state index in [0.717, 1.165) is 30.2 Å². The maximum atomic E-state index is 12.5. The summed E-state index contributed by atoms with van der Waals surface area (Å²) < 4.78 is 2.10. The van der Waals surface area contributed by atoms with Gasteiger partial charge in [0, 0.05) is 43.6 Å². The van der Waals surface area contributed by atoms with Crippen LogP contribution in [0.5, 0.6) is 0 Å². The van der Waals surface area contributed by atoms with E-state index in [1.54, 1.807) is 6.20 Å². The molecule has 27 heavy (non-hydrogen) atoms. The average Bonchev–Trinajstić information content (AvgIpc) is 2.95. The molecule has 6 nitrogen and oxygen atoms in total. The molecule has 0 atom stereocenters. The summed E-state index contributed by atoms with van der Waals surface area (Å²) in [5.74, 6) is 0.0495. The van der Waals surface area contributed by atoms with Crippen molar-refractivity contribution in [3.05, 3.63) is 53.1 Å². The van der Waals surface area contributed by atoms with Crippen LogP contribution >= 0.6 is 0 Å². The molecule has 2 rings (SSSR count). The molecule has 0 aliphatic rings. The Morgan fingerprint density at radius 2 is 1.93 bits per heavy atom. The molecule has 2 aromatic rings. The summed E-state index contributed by atoms with van der Waals surface area (Å²) in [6, 6.07) is 7.74. The highest BCUT2D eigenvalue weighted by atomic mass is 16.2. The third-order valence-electron chi connectivity index (χ3n) is 4.83. The van der Waals surface area contributed by atoms with Gasteiger partial charge in [0.15, 0.2) is 0 Å². The Morgan fingerprint density at radius 3 is 2.56 bits per heavy atom. The van der Waals surface area contributed by atoms with Crippen LogP contribution in [0.15, 0.2) is 30.5 Å². The van der Waals surface area contributed by atoms with Gasteiger partial charge in [0.25, 0.3) is 5.91 Å². The average molecular weight is 370 g/mol. The Bertz CT molecular complexity index is 764. The largest absolute Gasteiger partial charge is 0.352 e. The molecule has 2 heterocycles. The van der Waals surface area contributed by atoms with E-state index in [0.29, 0.717) is 31.5 Å². The number of pyridine rings is 1. The standard InChI is InChI=1S/C21H30N4O2/c1-5-24(6-2)20(26)11-9-13-23-21(27)19-14-16(3)25(17(19)4)15-18-10-7-8-12-22-18/h7-8,10,12,14H,5-6,9,11,13,15H2,1-4H3,(H,23,27). The SMILES string of the molecule is CCN(CC)C(=O)CCCNC(=O)c1cc(C)n(Cc2ccccn2)c1C. The maximum Gasteiger partial charge on any atom is 0.253 e. The van der Waals surface area contributed by atoms with Gasteiger partial charge in [-0.2, -0.15) is 0 Å². The van der Waals surface area contributed by atoms with Crippen molar-refractivity contribution in [2.24, 2.45) is 0 Å². The van der Waals surface area contributed by atoms with E-state index < -0.39 is 0 Å². The van der Waals surface area contributed by atoms with Crippen LogP contribution in [0.3, 0.4) is 0 Å². The predicted molar refractivity (Wildman–Crippen MR) is 107 cm³/mol. The number of carbonyl (C=O) groups excluding carboxylic acids is 2. The van der Waals surface area contributed by atoms with E-state index in [9.17, 15) is 9.59 Å². The fourth-order valence-corrected chi connectivity index (χ4v) is 3.20. The van der Waals surface area contributed by atoms with E-state index >= 15 is 0 Å². The molecule has 0 unspecified atom stereocenters. The first-order chi connectivity index (χ1) is 13.0. The van der Waals surface area contributed by atoms with Crippen LogP contribution in [0.2, 0.25) is 0 Å². The molecule has 0 aliphatic heterocycles. The number of carbonyl (C=O) groups is 2. The van der Waals surface area contributed by atoms with Gasteiger partial charge in [-0.25, -0.2) is 0 Å². The number of nitrogens with zero attached hydrogens (tertiary/aromatic N) is 3. The normalized spacial score (nSPS) is 10.7. The van der Waals surface area contributed by atoms with Gasteiger partial charge in [0.1, 0.15) is 0 Å². The molecule has 2 amide bonds. The highest BCUT2D eigenvalue weighted by Crippen LogP contribution is 2.16. The van der Waals surface area contributed by atoms with Gasteiger partial charge in [-0.1, -0.05) is 6.07 Å². The van der Waals surface area contributed by atoms with E-state index in [2.05, 4.69) is 14.9 Å². The summed E-state index contributed by atoms with van der Waals surface area (Å²) in [5, 5.41) is 2.94. The van der Waals surface area contributed by atoms with Crippen molar-refractivity contribution in [2.45, 2.75) is 47.1 Å². The molecule has 0 saturated carbocycles. The predicted octanol–water partition coefficient (Wildman–Crippen LogP) is 2.93. The maximum absolute atomic E-state index is 12.5.